The fourth-order valence-corrected chi connectivity index (χ4v) is 7.52. The zero-order chi connectivity index (χ0) is 30.2. The molecule has 4 aromatic rings. The lowest BCUT2D eigenvalue weighted by molar-refractivity contribution is -0.0807. The fourth-order valence-electron chi connectivity index (χ4n) is 7.37. The second-order valence-corrected chi connectivity index (χ2v) is 12.7. The van der Waals surface area contributed by atoms with Crippen molar-refractivity contribution in [1.82, 2.24) is 19.8 Å². The van der Waals surface area contributed by atoms with E-state index in [-0.39, 0.29) is 23.3 Å². The van der Waals surface area contributed by atoms with Gasteiger partial charge in [0.2, 0.25) is 0 Å². The Labute approximate surface area is 258 Å². The maximum Gasteiger partial charge on any atom is 0.335 e. The summed E-state index contributed by atoms with van der Waals surface area (Å²) in [6.07, 6.45) is 2.92. The van der Waals surface area contributed by atoms with E-state index < -0.39 is 23.1 Å². The zero-order valence-electron chi connectivity index (χ0n) is 24.2. The Balaban J connectivity index is 1.18. The molecule has 0 radical (unpaired) electrons. The number of imidazole rings is 1. The molecule has 1 saturated carbocycles. The zero-order valence-corrected chi connectivity index (χ0v) is 24.9. The van der Waals surface area contributed by atoms with Crippen LogP contribution in [0.1, 0.15) is 53.5 Å². The lowest BCUT2D eigenvalue weighted by atomic mass is 9.64. The highest BCUT2D eigenvalue weighted by molar-refractivity contribution is 6.30. The first kappa shape index (κ1) is 27.8. The van der Waals surface area contributed by atoms with Gasteiger partial charge in [0.1, 0.15) is 11.6 Å². The summed E-state index contributed by atoms with van der Waals surface area (Å²) in [5.41, 5.74) is 2.65. The van der Waals surface area contributed by atoms with Gasteiger partial charge < -0.3 is 29.2 Å². The molecule has 3 aliphatic heterocycles. The first-order valence-electron chi connectivity index (χ1n) is 15.0. The van der Waals surface area contributed by atoms with Gasteiger partial charge >= 0.3 is 5.97 Å². The van der Waals surface area contributed by atoms with Crippen molar-refractivity contribution < 1.29 is 28.5 Å². The lowest BCUT2D eigenvalue weighted by Crippen LogP contribution is -2.70. The molecular weight excluding hydrogens is 587 g/mol. The van der Waals surface area contributed by atoms with Crippen molar-refractivity contribution in [2.45, 2.75) is 62.7 Å². The second kappa shape index (κ2) is 10.2. The monoisotopic (exact) mass is 618 g/mol. The van der Waals surface area contributed by atoms with Crippen molar-refractivity contribution in [2.75, 3.05) is 19.7 Å². The summed E-state index contributed by atoms with van der Waals surface area (Å²) in [5.74, 6) is -0.761. The molecule has 228 valence electrons. The average molecular weight is 619 g/mol. The quantitative estimate of drug-likeness (QED) is 0.283. The van der Waals surface area contributed by atoms with Crippen LogP contribution in [0.3, 0.4) is 0 Å². The number of rotatable bonds is 7. The molecule has 1 aromatic heterocycles. The summed E-state index contributed by atoms with van der Waals surface area (Å²) in [6, 6.07) is 15.7. The number of carboxylic acids is 1. The van der Waals surface area contributed by atoms with E-state index in [4.69, 9.17) is 30.8 Å². The third-order valence-electron chi connectivity index (χ3n) is 9.78. The molecule has 9 nitrogen and oxygen atoms in total. The largest absolute Gasteiger partial charge is 0.478 e. The molecule has 2 saturated heterocycles. The van der Waals surface area contributed by atoms with Gasteiger partial charge in [0.25, 0.3) is 5.79 Å². The SMILES string of the molecule is C[C@@]1(c2ccc(Cl)cc2F)Oc2cccc(C34CCC3NCCN4Cc3nc4ccc(C(=O)O)cc4n3C[C@@H]3CCO3)c2O1. The molecule has 4 aliphatic rings. The summed E-state index contributed by atoms with van der Waals surface area (Å²) in [5, 5.41) is 13.7. The predicted octanol–water partition coefficient (Wildman–Crippen LogP) is 5.42. The van der Waals surface area contributed by atoms with E-state index in [2.05, 4.69) is 20.9 Å². The molecule has 0 spiro atoms. The smallest absolute Gasteiger partial charge is 0.335 e. The van der Waals surface area contributed by atoms with E-state index in [1.807, 2.05) is 12.1 Å². The minimum absolute atomic E-state index is 0.0712. The Bertz CT molecular complexity index is 1810. The van der Waals surface area contributed by atoms with Gasteiger partial charge in [0, 0.05) is 43.2 Å². The lowest BCUT2D eigenvalue weighted by Gasteiger charge is -2.59. The van der Waals surface area contributed by atoms with E-state index in [1.54, 1.807) is 37.3 Å². The normalized spacial score (nSPS) is 27.5. The molecule has 8 rings (SSSR count). The first-order chi connectivity index (χ1) is 21.2. The van der Waals surface area contributed by atoms with Crippen LogP contribution in [0.4, 0.5) is 4.39 Å². The molecule has 2 N–H and O–H groups in total. The van der Waals surface area contributed by atoms with Gasteiger partial charge in [0.15, 0.2) is 11.5 Å². The number of carbonyl (C=O) groups is 1. The Morgan fingerprint density at radius 3 is 2.75 bits per heavy atom. The van der Waals surface area contributed by atoms with Crippen molar-refractivity contribution in [1.29, 1.82) is 0 Å². The number of benzene rings is 3. The van der Waals surface area contributed by atoms with Gasteiger partial charge in [-0.3, -0.25) is 4.90 Å². The number of para-hydroxylation sites is 1. The summed E-state index contributed by atoms with van der Waals surface area (Å²) in [4.78, 5) is 19.3. The first-order valence-corrected chi connectivity index (χ1v) is 15.4. The van der Waals surface area contributed by atoms with Crippen LogP contribution in [0.15, 0.2) is 54.6 Å². The number of hydrogen-bond donors (Lipinski definition) is 2. The Hall–Kier alpha value is -3.70. The number of nitrogens with zero attached hydrogens (tertiary/aromatic N) is 3. The van der Waals surface area contributed by atoms with Crippen LogP contribution >= 0.6 is 11.6 Å². The third-order valence-corrected chi connectivity index (χ3v) is 10.0. The van der Waals surface area contributed by atoms with E-state index in [1.165, 1.54) is 6.07 Å². The summed E-state index contributed by atoms with van der Waals surface area (Å²) < 4.78 is 35.9. The molecule has 2 unspecified atom stereocenters. The van der Waals surface area contributed by atoms with Gasteiger partial charge in [-0.2, -0.15) is 0 Å². The number of piperazine rings is 1. The molecule has 11 heteroatoms. The molecule has 3 aromatic carbocycles. The molecular formula is C33H32ClFN4O5. The van der Waals surface area contributed by atoms with Gasteiger partial charge in [0.05, 0.1) is 46.9 Å². The number of carboxylic acid groups (broad SMARTS) is 1. The average Bonchev–Trinajstić information content (AvgIpc) is 3.48. The van der Waals surface area contributed by atoms with Crippen LogP contribution in [-0.4, -0.2) is 57.4 Å². The van der Waals surface area contributed by atoms with E-state index >= 15 is 4.39 Å². The van der Waals surface area contributed by atoms with Crippen molar-refractivity contribution in [3.63, 3.8) is 0 Å². The molecule has 0 bridgehead atoms. The van der Waals surface area contributed by atoms with E-state index in [9.17, 15) is 9.90 Å². The number of ether oxygens (including phenoxy) is 3. The minimum atomic E-state index is -1.35. The number of aromatic carboxylic acids is 1. The van der Waals surface area contributed by atoms with Crippen molar-refractivity contribution in [2.24, 2.45) is 0 Å². The molecule has 44 heavy (non-hydrogen) atoms. The standard InChI is InChI=1S/C33H32ClFN4O5/c1-32(22-7-6-20(34)16-24(22)35)43-27-4-2-3-23(30(27)44-32)33-11-9-28(33)36-12-13-38(33)18-29-37-25-8-5-19(31(40)41)15-26(25)39(29)17-21-10-14-42-21/h2-8,15-16,21,28,36H,9-14,17-18H2,1H3,(H,40,41)/t21-,28?,32+,33?/m0/s1. The highest BCUT2D eigenvalue weighted by Gasteiger charge is 2.57. The maximum atomic E-state index is 15.1. The summed E-state index contributed by atoms with van der Waals surface area (Å²) in [6.45, 7) is 5.22. The van der Waals surface area contributed by atoms with Gasteiger partial charge in [-0.15, -0.1) is 0 Å². The number of nitrogens with one attached hydrogen (secondary N) is 1. The van der Waals surface area contributed by atoms with Crippen molar-refractivity contribution in [3.05, 3.63) is 88.0 Å². The Morgan fingerprint density at radius 1 is 1.16 bits per heavy atom. The number of hydrogen-bond acceptors (Lipinski definition) is 7. The van der Waals surface area contributed by atoms with E-state index in [0.29, 0.717) is 29.6 Å². The van der Waals surface area contributed by atoms with Crippen LogP contribution in [0.2, 0.25) is 5.02 Å². The fraction of sp³-hybridized carbons (Fsp3) is 0.394. The molecule has 4 atom stereocenters. The Morgan fingerprint density at radius 2 is 2.02 bits per heavy atom. The van der Waals surface area contributed by atoms with Gasteiger partial charge in [-0.1, -0.05) is 23.7 Å². The van der Waals surface area contributed by atoms with Crippen molar-refractivity contribution >= 4 is 28.6 Å². The number of halogens is 2. The van der Waals surface area contributed by atoms with Crippen LogP contribution in [0.25, 0.3) is 11.0 Å². The van der Waals surface area contributed by atoms with Crippen LogP contribution in [0.5, 0.6) is 11.5 Å². The Kier molecular flexibility index (Phi) is 6.43. The topological polar surface area (TPSA) is 98.1 Å². The third kappa shape index (κ3) is 4.23. The number of fused-ring (bicyclic) bond motifs is 3. The van der Waals surface area contributed by atoms with Gasteiger partial charge in [-0.05, 0) is 61.7 Å². The highest BCUT2D eigenvalue weighted by Crippen LogP contribution is 2.56. The molecule has 3 fully saturated rings. The summed E-state index contributed by atoms with van der Waals surface area (Å²) in [7, 11) is 0. The number of aromatic nitrogens is 2. The predicted molar refractivity (Wildman–Crippen MR) is 161 cm³/mol. The van der Waals surface area contributed by atoms with Crippen LogP contribution < -0.4 is 14.8 Å². The van der Waals surface area contributed by atoms with Gasteiger partial charge in [-0.25, -0.2) is 14.2 Å². The molecule has 1 aliphatic carbocycles. The van der Waals surface area contributed by atoms with Crippen LogP contribution in [0, 0.1) is 5.82 Å². The van der Waals surface area contributed by atoms with Crippen molar-refractivity contribution in [3.8, 4) is 11.5 Å². The van der Waals surface area contributed by atoms with E-state index in [0.717, 1.165) is 61.4 Å². The van der Waals surface area contributed by atoms with Crippen LogP contribution in [-0.2, 0) is 29.2 Å². The molecule has 0 amide bonds. The summed E-state index contributed by atoms with van der Waals surface area (Å²) >= 11 is 6.03. The minimum Gasteiger partial charge on any atom is -0.478 e. The molecule has 4 heterocycles. The second-order valence-electron chi connectivity index (χ2n) is 12.2. The highest BCUT2D eigenvalue weighted by atomic mass is 35.5. The maximum absolute atomic E-state index is 15.1.